The van der Waals surface area contributed by atoms with Gasteiger partial charge in [0, 0.05) is 22.8 Å². The molecule has 5 heteroatoms. The van der Waals surface area contributed by atoms with Gasteiger partial charge < -0.3 is 14.6 Å². The lowest BCUT2D eigenvalue weighted by atomic mass is 10.0. The van der Waals surface area contributed by atoms with E-state index in [-0.39, 0.29) is 5.75 Å². The highest BCUT2D eigenvalue weighted by molar-refractivity contribution is 5.85. The van der Waals surface area contributed by atoms with E-state index in [0.29, 0.717) is 17.9 Å². The first kappa shape index (κ1) is 17.6. The quantitative estimate of drug-likeness (QED) is 0.627. The summed E-state index contributed by atoms with van der Waals surface area (Å²) < 4.78 is 11.1. The van der Waals surface area contributed by atoms with Crippen molar-refractivity contribution in [3.8, 4) is 39.6 Å². The van der Waals surface area contributed by atoms with Crippen LogP contribution in [0.2, 0.25) is 0 Å². The van der Waals surface area contributed by atoms with Crippen LogP contribution in [0.4, 0.5) is 0 Å². The lowest BCUT2D eigenvalue weighted by molar-refractivity contribution is 0.359. The second-order valence-corrected chi connectivity index (χ2v) is 6.13. The molecular formula is C21H22N2O3. The predicted molar refractivity (Wildman–Crippen MR) is 103 cm³/mol. The number of benzene rings is 2. The van der Waals surface area contributed by atoms with Crippen molar-refractivity contribution in [1.29, 1.82) is 0 Å². The number of rotatable bonds is 6. The standard InChI is InChI=1S/C21H22N2O3/c1-14(2)10-11-26-15-8-9-17(19(24)12-15)21-18(13-22-23-21)16-6-4-5-7-20(16)25-3/h4-10,12-13,24H,11H2,1-3H3,(H,22,23). The molecule has 0 radical (unpaired) electrons. The number of hydrogen-bond acceptors (Lipinski definition) is 4. The minimum absolute atomic E-state index is 0.125. The number of ether oxygens (including phenoxy) is 2. The molecule has 0 spiro atoms. The molecule has 26 heavy (non-hydrogen) atoms. The summed E-state index contributed by atoms with van der Waals surface area (Å²) in [6, 6.07) is 13.0. The van der Waals surface area contributed by atoms with Gasteiger partial charge in [-0.3, -0.25) is 5.10 Å². The first-order valence-corrected chi connectivity index (χ1v) is 8.36. The zero-order valence-corrected chi connectivity index (χ0v) is 15.1. The Morgan fingerprint density at radius 2 is 1.92 bits per heavy atom. The fourth-order valence-electron chi connectivity index (χ4n) is 2.68. The van der Waals surface area contributed by atoms with Gasteiger partial charge in [-0.1, -0.05) is 23.8 Å². The van der Waals surface area contributed by atoms with E-state index < -0.39 is 0 Å². The van der Waals surface area contributed by atoms with Crippen molar-refractivity contribution in [1.82, 2.24) is 10.2 Å². The van der Waals surface area contributed by atoms with Gasteiger partial charge in [-0.15, -0.1) is 0 Å². The van der Waals surface area contributed by atoms with Crippen molar-refractivity contribution in [2.75, 3.05) is 13.7 Å². The third-order valence-corrected chi connectivity index (χ3v) is 4.02. The van der Waals surface area contributed by atoms with Crippen LogP contribution in [-0.2, 0) is 0 Å². The fraction of sp³-hybridized carbons (Fsp3) is 0.190. The van der Waals surface area contributed by atoms with Crippen molar-refractivity contribution < 1.29 is 14.6 Å². The SMILES string of the molecule is COc1ccccc1-c1cn[nH]c1-c1ccc(OCC=C(C)C)cc1O. The lowest BCUT2D eigenvalue weighted by Crippen LogP contribution is -1.94. The molecule has 1 heterocycles. The average molecular weight is 350 g/mol. The highest BCUT2D eigenvalue weighted by atomic mass is 16.5. The molecular weight excluding hydrogens is 328 g/mol. The summed E-state index contributed by atoms with van der Waals surface area (Å²) in [6.07, 6.45) is 3.71. The van der Waals surface area contributed by atoms with Gasteiger partial charge in [-0.2, -0.15) is 5.10 Å². The number of H-pyrrole nitrogens is 1. The smallest absolute Gasteiger partial charge is 0.128 e. The summed E-state index contributed by atoms with van der Waals surface area (Å²) in [4.78, 5) is 0. The first-order valence-electron chi connectivity index (χ1n) is 8.36. The second-order valence-electron chi connectivity index (χ2n) is 6.13. The molecule has 0 saturated heterocycles. The molecule has 0 unspecified atom stereocenters. The molecule has 0 atom stereocenters. The molecule has 0 aliphatic carbocycles. The maximum absolute atomic E-state index is 10.5. The van der Waals surface area contributed by atoms with Crippen LogP contribution >= 0.6 is 0 Å². The van der Waals surface area contributed by atoms with Crippen LogP contribution in [-0.4, -0.2) is 29.0 Å². The number of nitrogens with zero attached hydrogens (tertiary/aromatic N) is 1. The lowest BCUT2D eigenvalue weighted by Gasteiger charge is -2.11. The summed E-state index contributed by atoms with van der Waals surface area (Å²) in [6.45, 7) is 4.50. The molecule has 3 aromatic rings. The maximum atomic E-state index is 10.5. The van der Waals surface area contributed by atoms with Crippen LogP contribution < -0.4 is 9.47 Å². The Kier molecular flexibility index (Phi) is 5.27. The van der Waals surface area contributed by atoms with Crippen LogP contribution in [0.1, 0.15) is 13.8 Å². The number of para-hydroxylation sites is 1. The van der Waals surface area contributed by atoms with E-state index in [2.05, 4.69) is 10.2 Å². The molecule has 0 aliphatic rings. The monoisotopic (exact) mass is 350 g/mol. The van der Waals surface area contributed by atoms with Gasteiger partial charge in [0.15, 0.2) is 0 Å². The van der Waals surface area contributed by atoms with Crippen LogP contribution in [0.5, 0.6) is 17.2 Å². The Bertz CT molecular complexity index is 925. The summed E-state index contributed by atoms with van der Waals surface area (Å²) in [5.74, 6) is 1.48. The molecule has 0 amide bonds. The van der Waals surface area contributed by atoms with Crippen LogP contribution in [0, 0.1) is 0 Å². The summed E-state index contributed by atoms with van der Waals surface area (Å²) in [5.41, 5.74) is 4.32. The van der Waals surface area contributed by atoms with Gasteiger partial charge in [0.05, 0.1) is 19.0 Å². The number of phenolic OH excluding ortho intramolecular Hbond substituents is 1. The first-order chi connectivity index (χ1) is 12.6. The minimum atomic E-state index is 0.125. The Morgan fingerprint density at radius 1 is 1.12 bits per heavy atom. The minimum Gasteiger partial charge on any atom is -0.507 e. The fourth-order valence-corrected chi connectivity index (χ4v) is 2.68. The van der Waals surface area contributed by atoms with E-state index in [1.54, 1.807) is 19.4 Å². The van der Waals surface area contributed by atoms with E-state index in [0.717, 1.165) is 22.6 Å². The van der Waals surface area contributed by atoms with Gasteiger partial charge >= 0.3 is 0 Å². The third kappa shape index (κ3) is 3.72. The number of methoxy groups -OCH3 is 1. The van der Waals surface area contributed by atoms with Gasteiger partial charge in [0.2, 0.25) is 0 Å². The molecule has 0 aliphatic heterocycles. The summed E-state index contributed by atoms with van der Waals surface area (Å²) >= 11 is 0. The number of nitrogens with one attached hydrogen (secondary N) is 1. The van der Waals surface area contributed by atoms with Crippen molar-refractivity contribution in [3.05, 3.63) is 60.3 Å². The Labute approximate surface area is 152 Å². The number of hydrogen-bond donors (Lipinski definition) is 2. The topological polar surface area (TPSA) is 67.4 Å². The van der Waals surface area contributed by atoms with E-state index in [1.165, 1.54) is 5.57 Å². The molecule has 2 N–H and O–H groups in total. The van der Waals surface area contributed by atoms with Crippen LogP contribution in [0.15, 0.2) is 60.3 Å². The predicted octanol–water partition coefficient (Wildman–Crippen LogP) is 4.80. The van der Waals surface area contributed by atoms with Crippen molar-refractivity contribution in [2.45, 2.75) is 13.8 Å². The molecule has 0 bridgehead atoms. The molecule has 1 aromatic heterocycles. The van der Waals surface area contributed by atoms with Gasteiger partial charge in [0.25, 0.3) is 0 Å². The number of aromatic hydroxyl groups is 1. The normalized spacial score (nSPS) is 10.4. The number of phenols is 1. The van der Waals surface area contributed by atoms with Crippen molar-refractivity contribution >= 4 is 0 Å². The Hall–Kier alpha value is -3.21. The highest BCUT2D eigenvalue weighted by Gasteiger charge is 2.16. The summed E-state index contributed by atoms with van der Waals surface area (Å²) in [7, 11) is 1.63. The Morgan fingerprint density at radius 3 is 2.65 bits per heavy atom. The highest BCUT2D eigenvalue weighted by Crippen LogP contribution is 2.39. The number of allylic oxidation sites excluding steroid dienone is 1. The van der Waals surface area contributed by atoms with Crippen LogP contribution in [0.25, 0.3) is 22.4 Å². The van der Waals surface area contributed by atoms with E-state index >= 15 is 0 Å². The van der Waals surface area contributed by atoms with Crippen molar-refractivity contribution in [3.63, 3.8) is 0 Å². The van der Waals surface area contributed by atoms with Gasteiger partial charge in [0.1, 0.15) is 23.9 Å². The number of aromatic amines is 1. The molecule has 5 nitrogen and oxygen atoms in total. The zero-order valence-electron chi connectivity index (χ0n) is 15.1. The second kappa shape index (κ2) is 7.78. The third-order valence-electron chi connectivity index (χ3n) is 4.02. The summed E-state index contributed by atoms with van der Waals surface area (Å²) in [5, 5.41) is 17.6. The molecule has 134 valence electrons. The average Bonchev–Trinajstić information content (AvgIpc) is 3.10. The molecule has 0 fully saturated rings. The van der Waals surface area contributed by atoms with E-state index in [1.807, 2.05) is 56.3 Å². The van der Waals surface area contributed by atoms with Gasteiger partial charge in [-0.25, -0.2) is 0 Å². The van der Waals surface area contributed by atoms with E-state index in [9.17, 15) is 5.11 Å². The van der Waals surface area contributed by atoms with Crippen LogP contribution in [0.3, 0.4) is 0 Å². The van der Waals surface area contributed by atoms with E-state index in [4.69, 9.17) is 9.47 Å². The molecule has 3 rings (SSSR count). The largest absolute Gasteiger partial charge is 0.507 e. The molecule has 2 aromatic carbocycles. The van der Waals surface area contributed by atoms with Crippen molar-refractivity contribution in [2.24, 2.45) is 0 Å². The zero-order chi connectivity index (χ0) is 18.5. The molecule has 0 saturated carbocycles. The maximum Gasteiger partial charge on any atom is 0.128 e. The van der Waals surface area contributed by atoms with Gasteiger partial charge in [-0.05, 0) is 38.1 Å². The number of aromatic nitrogens is 2. The Balaban J connectivity index is 1.94.